The summed E-state index contributed by atoms with van der Waals surface area (Å²) in [4.78, 5) is 12.4. The highest BCUT2D eigenvalue weighted by Gasteiger charge is 2.32. The van der Waals surface area contributed by atoms with E-state index in [1.807, 2.05) is 4.90 Å². The molecule has 5 nitrogen and oxygen atoms in total. The van der Waals surface area contributed by atoms with Crippen molar-refractivity contribution < 1.29 is 9.31 Å². The van der Waals surface area contributed by atoms with Crippen LogP contribution < -0.4 is 10.6 Å². The molecule has 0 aliphatic carbocycles. The van der Waals surface area contributed by atoms with E-state index in [1.165, 1.54) is 6.07 Å². The van der Waals surface area contributed by atoms with E-state index in [4.69, 9.17) is 17.3 Å². The highest BCUT2D eigenvalue weighted by atomic mass is 35.5. The molecule has 1 aromatic carbocycles. The zero-order valence-corrected chi connectivity index (χ0v) is 11.9. The minimum Gasteiger partial charge on any atom is -0.361 e. The number of hydrogen-bond acceptors (Lipinski definition) is 4. The summed E-state index contributed by atoms with van der Waals surface area (Å²) >= 11 is 5.78. The lowest BCUT2D eigenvalue weighted by Crippen LogP contribution is -2.49. The fourth-order valence-electron chi connectivity index (χ4n) is 2.81. The van der Waals surface area contributed by atoms with Crippen LogP contribution in [0.2, 0.25) is 5.02 Å². The van der Waals surface area contributed by atoms with Gasteiger partial charge in [-0.2, -0.15) is 0 Å². The highest BCUT2D eigenvalue weighted by molar-refractivity contribution is 6.31. The maximum absolute atomic E-state index is 13.5. The summed E-state index contributed by atoms with van der Waals surface area (Å²) in [6.07, 6.45) is 1.95. The molecule has 2 atom stereocenters. The third kappa shape index (κ3) is 2.71. The summed E-state index contributed by atoms with van der Waals surface area (Å²) < 4.78 is 13.5. The Balaban J connectivity index is 2.49. The second kappa shape index (κ2) is 5.93. The third-order valence-corrected chi connectivity index (χ3v) is 4.17. The van der Waals surface area contributed by atoms with Gasteiger partial charge in [0.1, 0.15) is 11.5 Å². The normalized spacial score (nSPS) is 22.9. The zero-order valence-electron chi connectivity index (χ0n) is 11.2. The molecule has 2 N–H and O–H groups in total. The number of halogens is 2. The van der Waals surface area contributed by atoms with Crippen LogP contribution in [0.25, 0.3) is 0 Å². The lowest BCUT2D eigenvalue weighted by Gasteiger charge is -2.40. The Kier molecular flexibility index (Phi) is 4.45. The Bertz CT molecular complexity index is 527. The molecule has 0 bridgehead atoms. The monoisotopic (exact) mass is 301 g/mol. The molecular weight excluding hydrogens is 285 g/mol. The summed E-state index contributed by atoms with van der Waals surface area (Å²) in [5, 5.41) is 11.0. The van der Waals surface area contributed by atoms with Crippen LogP contribution in [0.5, 0.6) is 0 Å². The topological polar surface area (TPSA) is 72.4 Å². The number of nitrogens with zero attached hydrogens (tertiary/aromatic N) is 2. The van der Waals surface area contributed by atoms with Crippen molar-refractivity contribution in [3.05, 3.63) is 33.1 Å². The molecule has 1 saturated heterocycles. The molecule has 0 radical (unpaired) electrons. The molecule has 2 unspecified atom stereocenters. The molecule has 1 aliphatic rings. The first-order chi connectivity index (χ1) is 9.45. The van der Waals surface area contributed by atoms with Gasteiger partial charge >= 0.3 is 0 Å². The number of piperidine rings is 1. The van der Waals surface area contributed by atoms with Gasteiger partial charge in [-0.1, -0.05) is 18.5 Å². The van der Waals surface area contributed by atoms with Crippen LogP contribution in [0.4, 0.5) is 15.8 Å². The number of anilines is 1. The van der Waals surface area contributed by atoms with Crippen molar-refractivity contribution in [1.29, 1.82) is 0 Å². The average Bonchev–Trinajstić information content (AvgIpc) is 2.40. The molecule has 2 rings (SSSR count). The predicted molar refractivity (Wildman–Crippen MR) is 76.7 cm³/mol. The Morgan fingerprint density at radius 1 is 1.60 bits per heavy atom. The molecule has 20 heavy (non-hydrogen) atoms. The molecule has 1 heterocycles. The van der Waals surface area contributed by atoms with E-state index in [0.29, 0.717) is 24.7 Å². The lowest BCUT2D eigenvalue weighted by atomic mass is 9.90. The minimum absolute atomic E-state index is 0.00368. The van der Waals surface area contributed by atoms with Crippen LogP contribution in [-0.2, 0) is 0 Å². The van der Waals surface area contributed by atoms with Gasteiger partial charge in [0, 0.05) is 19.1 Å². The maximum atomic E-state index is 13.5. The quantitative estimate of drug-likeness (QED) is 0.688. The van der Waals surface area contributed by atoms with E-state index >= 15 is 0 Å². The van der Waals surface area contributed by atoms with E-state index in [0.717, 1.165) is 18.9 Å². The Labute approximate surface area is 121 Å². The molecule has 0 saturated carbocycles. The molecule has 7 heteroatoms. The van der Waals surface area contributed by atoms with Crippen molar-refractivity contribution >= 4 is 23.0 Å². The first kappa shape index (κ1) is 15.0. The number of nitro benzene ring substituents is 1. The Morgan fingerprint density at radius 3 is 2.90 bits per heavy atom. The maximum Gasteiger partial charge on any atom is 0.295 e. The minimum atomic E-state index is -0.781. The Hall–Kier alpha value is -1.40. The van der Waals surface area contributed by atoms with Crippen LogP contribution in [0.3, 0.4) is 0 Å². The number of nitrogens with two attached hydrogens (primary N) is 1. The molecule has 110 valence electrons. The van der Waals surface area contributed by atoms with Gasteiger partial charge in [0.15, 0.2) is 0 Å². The van der Waals surface area contributed by atoms with Gasteiger partial charge in [-0.25, -0.2) is 4.39 Å². The molecule has 0 spiro atoms. The number of benzene rings is 1. The van der Waals surface area contributed by atoms with Crippen LogP contribution in [0.1, 0.15) is 19.8 Å². The van der Waals surface area contributed by atoms with E-state index < -0.39 is 10.7 Å². The van der Waals surface area contributed by atoms with Gasteiger partial charge in [-0.05, 0) is 24.8 Å². The lowest BCUT2D eigenvalue weighted by molar-refractivity contribution is -0.384. The first-order valence-corrected chi connectivity index (χ1v) is 6.93. The summed E-state index contributed by atoms with van der Waals surface area (Å²) in [6.45, 7) is 3.13. The number of nitro groups is 1. The summed E-state index contributed by atoms with van der Waals surface area (Å²) in [5.74, 6) is -0.450. The van der Waals surface area contributed by atoms with Crippen molar-refractivity contribution in [3.63, 3.8) is 0 Å². The van der Waals surface area contributed by atoms with Crippen molar-refractivity contribution in [2.45, 2.75) is 25.8 Å². The Morgan fingerprint density at radius 2 is 2.30 bits per heavy atom. The van der Waals surface area contributed by atoms with E-state index in [1.54, 1.807) is 0 Å². The number of rotatable bonds is 3. The van der Waals surface area contributed by atoms with Gasteiger partial charge in [-0.3, -0.25) is 10.1 Å². The van der Waals surface area contributed by atoms with E-state index in [-0.39, 0.29) is 16.8 Å². The number of hydrogen-bond donors (Lipinski definition) is 1. The van der Waals surface area contributed by atoms with Crippen LogP contribution in [0, 0.1) is 21.8 Å². The van der Waals surface area contributed by atoms with Crippen molar-refractivity contribution in [2.75, 3.05) is 18.0 Å². The first-order valence-electron chi connectivity index (χ1n) is 6.55. The zero-order chi connectivity index (χ0) is 14.9. The van der Waals surface area contributed by atoms with Crippen LogP contribution >= 0.6 is 11.6 Å². The fourth-order valence-corrected chi connectivity index (χ4v) is 2.97. The van der Waals surface area contributed by atoms with Crippen molar-refractivity contribution in [2.24, 2.45) is 11.7 Å². The largest absolute Gasteiger partial charge is 0.361 e. The van der Waals surface area contributed by atoms with Gasteiger partial charge in [0.25, 0.3) is 5.69 Å². The van der Waals surface area contributed by atoms with Gasteiger partial charge in [0.2, 0.25) is 0 Å². The van der Waals surface area contributed by atoms with Gasteiger partial charge < -0.3 is 10.6 Å². The molecule has 0 aromatic heterocycles. The van der Waals surface area contributed by atoms with Crippen LogP contribution in [0.15, 0.2) is 12.1 Å². The molecule has 0 amide bonds. The van der Waals surface area contributed by atoms with Crippen LogP contribution in [-0.4, -0.2) is 24.1 Å². The van der Waals surface area contributed by atoms with E-state index in [9.17, 15) is 14.5 Å². The summed E-state index contributed by atoms with van der Waals surface area (Å²) in [6, 6.07) is 2.21. The molecular formula is C13H17ClFN3O2. The molecule has 1 fully saturated rings. The molecule has 1 aromatic rings. The van der Waals surface area contributed by atoms with E-state index in [2.05, 4.69) is 6.92 Å². The molecule has 1 aliphatic heterocycles. The summed E-state index contributed by atoms with van der Waals surface area (Å²) in [5.41, 5.74) is 5.88. The second-order valence-corrected chi connectivity index (χ2v) is 5.54. The van der Waals surface area contributed by atoms with Gasteiger partial charge in [-0.15, -0.1) is 0 Å². The SMILES string of the molecule is CC1CCCN(c2cc(Cl)c(F)cc2[N+](=O)[O-])C1CN. The van der Waals surface area contributed by atoms with Gasteiger partial charge in [0.05, 0.1) is 16.0 Å². The summed E-state index contributed by atoms with van der Waals surface area (Å²) in [7, 11) is 0. The average molecular weight is 302 g/mol. The predicted octanol–water partition coefficient (Wildman–Crippen LogP) is 2.95. The van der Waals surface area contributed by atoms with Crippen molar-refractivity contribution in [1.82, 2.24) is 0 Å². The second-order valence-electron chi connectivity index (χ2n) is 5.13. The standard InChI is InChI=1S/C13H17ClFN3O2/c1-8-3-2-4-17(13(8)7-16)11-5-9(14)10(15)6-12(11)18(19)20/h5-6,8,13H,2-4,7,16H2,1H3. The smallest absolute Gasteiger partial charge is 0.295 e. The highest BCUT2D eigenvalue weighted by Crippen LogP contribution is 2.37. The van der Waals surface area contributed by atoms with Crippen molar-refractivity contribution in [3.8, 4) is 0 Å². The fraction of sp³-hybridized carbons (Fsp3) is 0.538. The third-order valence-electron chi connectivity index (χ3n) is 3.88.